The zero-order valence-corrected chi connectivity index (χ0v) is 14.8. The highest BCUT2D eigenvalue weighted by atomic mass is 35.5. The van der Waals surface area contributed by atoms with Crippen molar-refractivity contribution in [3.05, 3.63) is 27.8 Å². The maximum atomic E-state index is 13.9. The minimum atomic E-state index is -5.06. The van der Waals surface area contributed by atoms with Crippen molar-refractivity contribution in [2.75, 3.05) is 19.7 Å². The van der Waals surface area contributed by atoms with Crippen molar-refractivity contribution in [2.45, 2.75) is 11.9 Å². The zero-order chi connectivity index (χ0) is 20.0. The van der Waals surface area contributed by atoms with Crippen LogP contribution in [0.2, 0.25) is 5.02 Å². The van der Waals surface area contributed by atoms with E-state index in [2.05, 4.69) is 10.1 Å². The molecule has 0 radical (unpaired) electrons. The lowest BCUT2D eigenvalue weighted by atomic mass is 9.90. The number of carbonyl (C=O) groups excluding carboxylic acids is 2. The number of nitrogens with one attached hydrogen (secondary N) is 1. The molecule has 0 aliphatic carbocycles. The standard InChI is InChI=1S/C15H11ClF4N2O4S/c16-11-7-1-8(17)9(26-15(18,19)20)2-10(7)27-12(11)13(25)22-3-14(4-22,5-23)21-6-24/h1-2,6,23H,3-5H2,(H,21,24). The van der Waals surface area contributed by atoms with Crippen molar-refractivity contribution in [1.29, 1.82) is 0 Å². The number of carbonyl (C=O) groups is 2. The third-order valence-electron chi connectivity index (χ3n) is 4.04. The number of halogens is 5. The zero-order valence-electron chi connectivity index (χ0n) is 13.3. The van der Waals surface area contributed by atoms with Crippen LogP contribution < -0.4 is 10.1 Å². The van der Waals surface area contributed by atoms with Crippen molar-refractivity contribution in [3.63, 3.8) is 0 Å². The Bertz CT molecular complexity index is 911. The second kappa shape index (κ2) is 6.80. The number of aliphatic hydroxyl groups is 1. The first kappa shape index (κ1) is 19.6. The Morgan fingerprint density at radius 3 is 2.67 bits per heavy atom. The number of benzene rings is 1. The van der Waals surface area contributed by atoms with Crippen molar-refractivity contribution in [1.82, 2.24) is 10.2 Å². The monoisotopic (exact) mass is 426 g/mol. The van der Waals surface area contributed by atoms with Gasteiger partial charge < -0.3 is 20.1 Å². The number of hydrogen-bond acceptors (Lipinski definition) is 5. The highest BCUT2D eigenvalue weighted by Gasteiger charge is 2.45. The summed E-state index contributed by atoms with van der Waals surface area (Å²) in [6.07, 6.45) is -4.65. The summed E-state index contributed by atoms with van der Waals surface area (Å²) in [4.78, 5) is 24.5. The molecular formula is C15H11ClF4N2O4S. The van der Waals surface area contributed by atoms with E-state index < -0.39 is 29.4 Å². The summed E-state index contributed by atoms with van der Waals surface area (Å²) in [5.74, 6) is -2.83. The molecule has 2 aromatic rings. The normalized spacial score (nSPS) is 16.1. The maximum Gasteiger partial charge on any atom is 0.573 e. The summed E-state index contributed by atoms with van der Waals surface area (Å²) in [5.41, 5.74) is -0.944. The van der Waals surface area contributed by atoms with E-state index in [1.807, 2.05) is 0 Å². The lowest BCUT2D eigenvalue weighted by molar-refractivity contribution is -0.275. The van der Waals surface area contributed by atoms with Crippen LogP contribution >= 0.6 is 22.9 Å². The number of hydrogen-bond donors (Lipinski definition) is 2. The average molecular weight is 427 g/mol. The molecular weight excluding hydrogens is 416 g/mol. The molecule has 3 rings (SSSR count). The van der Waals surface area contributed by atoms with Crippen LogP contribution in [0.15, 0.2) is 12.1 Å². The Hall–Kier alpha value is -2.11. The second-order valence-corrected chi connectivity index (χ2v) is 7.36. The largest absolute Gasteiger partial charge is 0.573 e. The molecule has 1 fully saturated rings. The molecule has 0 unspecified atom stereocenters. The van der Waals surface area contributed by atoms with Gasteiger partial charge >= 0.3 is 6.36 Å². The van der Waals surface area contributed by atoms with Gasteiger partial charge in [-0.3, -0.25) is 9.59 Å². The molecule has 6 nitrogen and oxygen atoms in total. The summed E-state index contributed by atoms with van der Waals surface area (Å²) in [5, 5.41) is 11.7. The van der Waals surface area contributed by atoms with Gasteiger partial charge in [-0.1, -0.05) is 11.6 Å². The van der Waals surface area contributed by atoms with E-state index >= 15 is 0 Å². The third kappa shape index (κ3) is 3.66. The lowest BCUT2D eigenvalue weighted by Gasteiger charge is -2.48. The molecule has 1 saturated heterocycles. The SMILES string of the molecule is O=CNC1(CO)CN(C(=O)c2sc3cc(OC(F)(F)F)c(F)cc3c2Cl)C1. The van der Waals surface area contributed by atoms with E-state index in [0.717, 1.165) is 23.5 Å². The highest BCUT2D eigenvalue weighted by molar-refractivity contribution is 7.21. The van der Waals surface area contributed by atoms with Gasteiger partial charge in [-0.25, -0.2) is 4.39 Å². The number of nitrogens with zero attached hydrogens (tertiary/aromatic N) is 1. The van der Waals surface area contributed by atoms with Crippen molar-refractivity contribution in [3.8, 4) is 5.75 Å². The summed E-state index contributed by atoms with van der Waals surface area (Å²) in [6, 6.07) is 1.60. The van der Waals surface area contributed by atoms with Crippen LogP contribution in [0.4, 0.5) is 17.6 Å². The fourth-order valence-electron chi connectivity index (χ4n) is 2.74. The first-order valence-electron chi connectivity index (χ1n) is 7.38. The van der Waals surface area contributed by atoms with Gasteiger partial charge in [0.05, 0.1) is 17.2 Å². The molecule has 27 heavy (non-hydrogen) atoms. The van der Waals surface area contributed by atoms with Crippen LogP contribution in [0.25, 0.3) is 10.1 Å². The van der Waals surface area contributed by atoms with Crippen LogP contribution in [0.5, 0.6) is 5.75 Å². The fraction of sp³-hybridized carbons (Fsp3) is 0.333. The molecule has 1 aromatic carbocycles. The third-order valence-corrected chi connectivity index (χ3v) is 5.69. The van der Waals surface area contributed by atoms with E-state index in [9.17, 15) is 32.3 Å². The predicted octanol–water partition coefficient (Wildman–Crippen LogP) is 2.53. The minimum Gasteiger partial charge on any atom is -0.403 e. The molecule has 2 heterocycles. The molecule has 0 bridgehead atoms. The minimum absolute atomic E-state index is 0.00729. The number of fused-ring (bicyclic) bond motifs is 1. The Kier molecular flexibility index (Phi) is 4.95. The van der Waals surface area contributed by atoms with Gasteiger partial charge in [0.15, 0.2) is 11.6 Å². The Labute approximate surface area is 158 Å². The summed E-state index contributed by atoms with van der Waals surface area (Å²) < 4.78 is 54.6. The molecule has 1 aromatic heterocycles. The first-order valence-corrected chi connectivity index (χ1v) is 8.57. The Morgan fingerprint density at radius 2 is 2.11 bits per heavy atom. The molecule has 2 N–H and O–H groups in total. The molecule has 0 saturated carbocycles. The number of alkyl halides is 3. The Morgan fingerprint density at radius 1 is 1.44 bits per heavy atom. The molecule has 12 heteroatoms. The quantitative estimate of drug-likeness (QED) is 0.569. The number of aliphatic hydroxyl groups excluding tert-OH is 1. The molecule has 146 valence electrons. The number of amides is 2. The summed E-state index contributed by atoms with van der Waals surface area (Å²) >= 11 is 6.90. The van der Waals surface area contributed by atoms with Gasteiger partial charge in [-0.15, -0.1) is 24.5 Å². The van der Waals surface area contributed by atoms with E-state index in [4.69, 9.17) is 11.6 Å². The van der Waals surface area contributed by atoms with Crippen LogP contribution in [-0.4, -0.2) is 53.9 Å². The van der Waals surface area contributed by atoms with Crippen LogP contribution in [-0.2, 0) is 4.79 Å². The van der Waals surface area contributed by atoms with E-state index in [1.165, 1.54) is 4.90 Å². The molecule has 2 amide bonds. The van der Waals surface area contributed by atoms with E-state index in [-0.39, 0.29) is 39.7 Å². The van der Waals surface area contributed by atoms with Crippen LogP contribution in [0, 0.1) is 5.82 Å². The van der Waals surface area contributed by atoms with Crippen molar-refractivity contribution in [2.24, 2.45) is 0 Å². The maximum absolute atomic E-state index is 13.9. The first-order chi connectivity index (χ1) is 12.6. The van der Waals surface area contributed by atoms with E-state index in [0.29, 0.717) is 6.41 Å². The molecule has 1 aliphatic heterocycles. The van der Waals surface area contributed by atoms with Gasteiger partial charge in [-0.05, 0) is 6.07 Å². The van der Waals surface area contributed by atoms with Gasteiger partial charge in [0, 0.05) is 29.2 Å². The van der Waals surface area contributed by atoms with Crippen molar-refractivity contribution >= 4 is 45.3 Å². The van der Waals surface area contributed by atoms with Crippen molar-refractivity contribution < 1.29 is 37.0 Å². The number of thiophene rings is 1. The fourth-order valence-corrected chi connectivity index (χ4v) is 4.22. The highest BCUT2D eigenvalue weighted by Crippen LogP contribution is 2.41. The molecule has 0 spiro atoms. The number of likely N-dealkylation sites (tertiary alicyclic amines) is 1. The van der Waals surface area contributed by atoms with E-state index in [1.54, 1.807) is 0 Å². The smallest absolute Gasteiger partial charge is 0.403 e. The lowest BCUT2D eigenvalue weighted by Crippen LogP contribution is -2.71. The van der Waals surface area contributed by atoms with Crippen LogP contribution in [0.3, 0.4) is 0 Å². The molecule has 1 aliphatic rings. The average Bonchev–Trinajstić information content (AvgIpc) is 2.85. The summed E-state index contributed by atoms with van der Waals surface area (Å²) in [7, 11) is 0. The Balaban J connectivity index is 1.89. The predicted molar refractivity (Wildman–Crippen MR) is 88.4 cm³/mol. The summed E-state index contributed by atoms with van der Waals surface area (Å²) in [6.45, 7) is -0.316. The topological polar surface area (TPSA) is 78.9 Å². The van der Waals surface area contributed by atoms with Gasteiger partial charge in [-0.2, -0.15) is 0 Å². The second-order valence-electron chi connectivity index (χ2n) is 5.93. The van der Waals surface area contributed by atoms with Gasteiger partial charge in [0.1, 0.15) is 4.88 Å². The molecule has 0 atom stereocenters. The number of ether oxygens (including phenoxy) is 1. The number of rotatable bonds is 5. The van der Waals surface area contributed by atoms with Gasteiger partial charge in [0.2, 0.25) is 6.41 Å². The van der Waals surface area contributed by atoms with Gasteiger partial charge in [0.25, 0.3) is 5.91 Å². The van der Waals surface area contributed by atoms with Crippen LogP contribution in [0.1, 0.15) is 9.67 Å².